The summed E-state index contributed by atoms with van der Waals surface area (Å²) in [5.41, 5.74) is 0.640. The molecule has 1 aromatic carbocycles. The van der Waals surface area contributed by atoms with Crippen molar-refractivity contribution in [3.8, 4) is 0 Å². The molecule has 142 valence electrons. The number of ether oxygens (including phenoxy) is 2. The maximum atomic E-state index is 12.9. The molecule has 3 rings (SSSR count). The van der Waals surface area contributed by atoms with E-state index < -0.39 is 12.1 Å². The standard InChI is InChI=1S/C19H22N4O4/c1-22(19-20-8-5-9-21-19)14-16(24)27-17(15-6-3-2-4-7-15)18(25)23-10-12-26-13-11-23/h2-9,17H,10-14H2,1H3/t17-/m0/s1. The van der Waals surface area contributed by atoms with Gasteiger partial charge in [0.25, 0.3) is 5.91 Å². The van der Waals surface area contributed by atoms with E-state index in [0.29, 0.717) is 37.8 Å². The van der Waals surface area contributed by atoms with Crippen LogP contribution in [-0.4, -0.2) is 66.6 Å². The summed E-state index contributed by atoms with van der Waals surface area (Å²) in [6.45, 7) is 1.86. The molecule has 8 nitrogen and oxygen atoms in total. The summed E-state index contributed by atoms with van der Waals surface area (Å²) in [7, 11) is 1.69. The first kappa shape index (κ1) is 18.8. The van der Waals surface area contributed by atoms with Crippen molar-refractivity contribution < 1.29 is 19.1 Å². The van der Waals surface area contributed by atoms with Crippen LogP contribution in [0, 0.1) is 0 Å². The Labute approximate surface area is 157 Å². The highest BCUT2D eigenvalue weighted by atomic mass is 16.5. The van der Waals surface area contributed by atoms with Gasteiger partial charge in [-0.1, -0.05) is 30.3 Å². The number of likely N-dealkylation sites (N-methyl/N-ethyl adjacent to an activating group) is 1. The largest absolute Gasteiger partial charge is 0.446 e. The number of amides is 1. The fourth-order valence-corrected chi connectivity index (χ4v) is 2.76. The average Bonchev–Trinajstić information content (AvgIpc) is 2.73. The fourth-order valence-electron chi connectivity index (χ4n) is 2.76. The van der Waals surface area contributed by atoms with Crippen molar-refractivity contribution in [2.24, 2.45) is 0 Å². The van der Waals surface area contributed by atoms with Gasteiger partial charge in [0.1, 0.15) is 6.54 Å². The molecule has 8 heteroatoms. The molecule has 0 bridgehead atoms. The Balaban J connectivity index is 1.71. The lowest BCUT2D eigenvalue weighted by atomic mass is 10.1. The van der Waals surface area contributed by atoms with Gasteiger partial charge in [-0.25, -0.2) is 9.97 Å². The van der Waals surface area contributed by atoms with Crippen molar-refractivity contribution in [3.63, 3.8) is 0 Å². The molecule has 1 atom stereocenters. The minimum Gasteiger partial charge on any atom is -0.446 e. The van der Waals surface area contributed by atoms with Crippen molar-refractivity contribution in [2.75, 3.05) is 44.8 Å². The first-order chi connectivity index (χ1) is 13.1. The number of rotatable bonds is 6. The quantitative estimate of drug-likeness (QED) is 0.703. The molecule has 1 aromatic heterocycles. The Bertz CT molecular complexity index is 751. The maximum Gasteiger partial charge on any atom is 0.326 e. The molecule has 1 aliphatic heterocycles. The number of aromatic nitrogens is 2. The van der Waals surface area contributed by atoms with E-state index in [0.717, 1.165) is 0 Å². The number of hydrogen-bond acceptors (Lipinski definition) is 7. The number of anilines is 1. The summed E-state index contributed by atoms with van der Waals surface area (Å²) in [4.78, 5) is 36.9. The number of carbonyl (C=O) groups excluding carboxylic acids is 2. The number of esters is 1. The smallest absolute Gasteiger partial charge is 0.326 e. The zero-order valence-electron chi connectivity index (χ0n) is 15.2. The van der Waals surface area contributed by atoms with E-state index in [4.69, 9.17) is 9.47 Å². The Morgan fingerprint density at radius 3 is 2.48 bits per heavy atom. The number of hydrogen-bond donors (Lipinski definition) is 0. The predicted octanol–water partition coefficient (Wildman–Crippen LogP) is 1.06. The summed E-state index contributed by atoms with van der Waals surface area (Å²) < 4.78 is 10.9. The van der Waals surface area contributed by atoms with E-state index >= 15 is 0 Å². The molecule has 0 saturated carbocycles. The summed E-state index contributed by atoms with van der Waals surface area (Å²) in [6.07, 6.45) is 2.21. The van der Waals surface area contributed by atoms with E-state index in [1.54, 1.807) is 47.4 Å². The maximum absolute atomic E-state index is 12.9. The normalized spacial score (nSPS) is 15.1. The second-order valence-electron chi connectivity index (χ2n) is 6.12. The lowest BCUT2D eigenvalue weighted by molar-refractivity contribution is -0.161. The summed E-state index contributed by atoms with van der Waals surface area (Å²) in [6, 6.07) is 10.7. The number of morpholine rings is 1. The first-order valence-corrected chi connectivity index (χ1v) is 8.74. The molecule has 0 N–H and O–H groups in total. The second kappa shape index (κ2) is 9.09. The monoisotopic (exact) mass is 370 g/mol. The zero-order valence-corrected chi connectivity index (χ0v) is 15.2. The van der Waals surface area contributed by atoms with Gasteiger partial charge in [0.2, 0.25) is 12.1 Å². The van der Waals surface area contributed by atoms with Gasteiger partial charge in [0.05, 0.1) is 13.2 Å². The summed E-state index contributed by atoms with van der Waals surface area (Å²) in [5.74, 6) is -0.359. The van der Waals surface area contributed by atoms with Crippen LogP contribution in [0.2, 0.25) is 0 Å². The van der Waals surface area contributed by atoms with E-state index in [-0.39, 0.29) is 12.5 Å². The average molecular weight is 370 g/mol. The molecule has 27 heavy (non-hydrogen) atoms. The Hall–Kier alpha value is -3.00. The molecule has 0 aliphatic carbocycles. The van der Waals surface area contributed by atoms with Crippen molar-refractivity contribution in [1.29, 1.82) is 0 Å². The van der Waals surface area contributed by atoms with Crippen LogP contribution in [0.4, 0.5) is 5.95 Å². The molecular formula is C19H22N4O4. The van der Waals surface area contributed by atoms with Crippen LogP contribution >= 0.6 is 0 Å². The van der Waals surface area contributed by atoms with Crippen molar-refractivity contribution in [3.05, 3.63) is 54.4 Å². The Morgan fingerprint density at radius 2 is 1.81 bits per heavy atom. The minimum absolute atomic E-state index is 0.0657. The molecule has 1 amide bonds. The molecule has 1 fully saturated rings. The summed E-state index contributed by atoms with van der Waals surface area (Å²) in [5, 5.41) is 0. The van der Waals surface area contributed by atoms with Gasteiger partial charge >= 0.3 is 5.97 Å². The van der Waals surface area contributed by atoms with Crippen LogP contribution in [0.15, 0.2) is 48.8 Å². The van der Waals surface area contributed by atoms with Crippen LogP contribution in [0.5, 0.6) is 0 Å². The SMILES string of the molecule is CN(CC(=O)O[C@H](C(=O)N1CCOCC1)c1ccccc1)c1ncccn1. The molecule has 0 radical (unpaired) electrons. The third-order valence-corrected chi connectivity index (χ3v) is 4.16. The van der Waals surface area contributed by atoms with Gasteiger partial charge < -0.3 is 19.3 Å². The number of carbonyl (C=O) groups is 2. The minimum atomic E-state index is -0.984. The van der Waals surface area contributed by atoms with Crippen LogP contribution in [0.25, 0.3) is 0 Å². The molecular weight excluding hydrogens is 348 g/mol. The Morgan fingerprint density at radius 1 is 1.15 bits per heavy atom. The highest BCUT2D eigenvalue weighted by Crippen LogP contribution is 2.21. The highest BCUT2D eigenvalue weighted by Gasteiger charge is 2.30. The Kier molecular flexibility index (Phi) is 6.32. The van der Waals surface area contributed by atoms with Gasteiger partial charge in [-0.3, -0.25) is 9.59 Å². The summed E-state index contributed by atoms with van der Waals surface area (Å²) >= 11 is 0. The molecule has 1 saturated heterocycles. The molecule has 1 aliphatic rings. The lowest BCUT2D eigenvalue weighted by Gasteiger charge is -2.30. The van der Waals surface area contributed by atoms with E-state index in [9.17, 15) is 9.59 Å². The second-order valence-corrected chi connectivity index (χ2v) is 6.12. The van der Waals surface area contributed by atoms with Crippen molar-refractivity contribution in [1.82, 2.24) is 14.9 Å². The van der Waals surface area contributed by atoms with E-state index in [1.807, 2.05) is 18.2 Å². The first-order valence-electron chi connectivity index (χ1n) is 8.74. The van der Waals surface area contributed by atoms with Gasteiger partial charge in [0.15, 0.2) is 0 Å². The van der Waals surface area contributed by atoms with Crippen LogP contribution in [0.1, 0.15) is 11.7 Å². The molecule has 2 heterocycles. The van der Waals surface area contributed by atoms with Gasteiger partial charge in [-0.2, -0.15) is 0 Å². The van der Waals surface area contributed by atoms with Crippen LogP contribution < -0.4 is 4.90 Å². The highest BCUT2D eigenvalue weighted by molar-refractivity contribution is 5.86. The van der Waals surface area contributed by atoms with Crippen molar-refractivity contribution in [2.45, 2.75) is 6.10 Å². The van der Waals surface area contributed by atoms with Crippen LogP contribution in [-0.2, 0) is 19.1 Å². The molecule has 0 spiro atoms. The predicted molar refractivity (Wildman–Crippen MR) is 98.0 cm³/mol. The topological polar surface area (TPSA) is 84.9 Å². The van der Waals surface area contributed by atoms with E-state index in [1.165, 1.54) is 0 Å². The van der Waals surface area contributed by atoms with Gasteiger partial charge in [0, 0.05) is 38.1 Å². The number of benzene rings is 1. The fraction of sp³-hybridized carbons (Fsp3) is 0.368. The molecule has 0 unspecified atom stereocenters. The van der Waals surface area contributed by atoms with Gasteiger partial charge in [-0.15, -0.1) is 0 Å². The molecule has 2 aromatic rings. The van der Waals surface area contributed by atoms with E-state index in [2.05, 4.69) is 9.97 Å². The third-order valence-electron chi connectivity index (χ3n) is 4.16. The zero-order chi connectivity index (χ0) is 19.1. The third kappa shape index (κ3) is 5.01. The lowest BCUT2D eigenvalue weighted by Crippen LogP contribution is -2.44. The van der Waals surface area contributed by atoms with Crippen LogP contribution in [0.3, 0.4) is 0 Å². The number of nitrogens with zero attached hydrogens (tertiary/aromatic N) is 4. The van der Waals surface area contributed by atoms with Crippen molar-refractivity contribution >= 4 is 17.8 Å². The van der Waals surface area contributed by atoms with Gasteiger partial charge in [-0.05, 0) is 6.07 Å².